The Bertz CT molecular complexity index is 967. The highest BCUT2D eigenvalue weighted by molar-refractivity contribution is 5.71. The molecule has 2 saturated heterocycles. The number of piperidine rings is 1. The summed E-state index contributed by atoms with van der Waals surface area (Å²) in [5, 5.41) is 43.6. The summed E-state index contributed by atoms with van der Waals surface area (Å²) in [7, 11) is 0. The number of fused-ring (bicyclic) bond motifs is 1. The van der Waals surface area contributed by atoms with Gasteiger partial charge < -0.3 is 15.3 Å². The molecule has 2 aliphatic rings. The van der Waals surface area contributed by atoms with Crippen molar-refractivity contribution in [2.24, 2.45) is 11.8 Å². The van der Waals surface area contributed by atoms with Crippen molar-refractivity contribution in [1.82, 2.24) is 16.2 Å². The molecule has 0 spiro atoms. The van der Waals surface area contributed by atoms with Gasteiger partial charge in [0.15, 0.2) is 11.5 Å². The number of nitro groups is 1. The lowest BCUT2D eigenvalue weighted by molar-refractivity contribution is -0.384. The van der Waals surface area contributed by atoms with Gasteiger partial charge in [0.05, 0.1) is 23.0 Å². The van der Waals surface area contributed by atoms with Crippen LogP contribution in [-0.4, -0.2) is 32.4 Å². The molecule has 2 aromatic carbocycles. The largest absolute Gasteiger partial charge is 0.504 e. The van der Waals surface area contributed by atoms with Crippen LogP contribution in [0.15, 0.2) is 42.5 Å². The number of phenolic OH excluding ortho intramolecular Hbond substituents is 2. The zero-order valence-electron chi connectivity index (χ0n) is 15.1. The van der Waals surface area contributed by atoms with Gasteiger partial charge >= 0.3 is 5.97 Å². The Morgan fingerprint density at radius 3 is 2.55 bits per heavy atom. The average Bonchev–Trinajstić information content (AvgIpc) is 3.13. The average molecular weight is 400 g/mol. The van der Waals surface area contributed by atoms with Crippen LogP contribution >= 0.6 is 0 Å². The fourth-order valence-corrected chi connectivity index (χ4v) is 4.27. The molecule has 152 valence electrons. The van der Waals surface area contributed by atoms with Crippen molar-refractivity contribution in [2.45, 2.75) is 24.7 Å². The van der Waals surface area contributed by atoms with E-state index in [-0.39, 0.29) is 29.6 Å². The number of carboxylic acid groups (broad SMARTS) is 1. The summed E-state index contributed by atoms with van der Waals surface area (Å²) in [5.74, 6) is -2.62. The number of hydrogen-bond donors (Lipinski definition) is 6. The van der Waals surface area contributed by atoms with Crippen LogP contribution in [0.5, 0.6) is 11.5 Å². The molecule has 10 nitrogen and oxygen atoms in total. The van der Waals surface area contributed by atoms with Crippen LogP contribution in [0.3, 0.4) is 0 Å². The van der Waals surface area contributed by atoms with Gasteiger partial charge in [0, 0.05) is 24.1 Å². The molecule has 0 radical (unpaired) electrons. The molecule has 0 saturated carbocycles. The normalized spacial score (nSPS) is 28.6. The number of phenols is 2. The van der Waals surface area contributed by atoms with Gasteiger partial charge in [-0.25, -0.2) is 10.9 Å². The first-order valence-corrected chi connectivity index (χ1v) is 9.11. The van der Waals surface area contributed by atoms with E-state index >= 15 is 0 Å². The Hall–Kier alpha value is -3.21. The van der Waals surface area contributed by atoms with E-state index in [0.29, 0.717) is 11.1 Å². The highest BCUT2D eigenvalue weighted by atomic mass is 16.6. The first-order chi connectivity index (χ1) is 13.8. The Labute approximate surface area is 165 Å². The molecule has 2 fully saturated rings. The number of aliphatic carboxylic acids is 1. The van der Waals surface area contributed by atoms with Crippen molar-refractivity contribution in [3.05, 3.63) is 63.7 Å². The molecular formula is C19H20N4O6. The predicted octanol–water partition coefficient (Wildman–Crippen LogP) is 1.53. The maximum atomic E-state index is 12.1. The smallest absolute Gasteiger partial charge is 0.307 e. The number of rotatable bonds is 4. The van der Waals surface area contributed by atoms with Gasteiger partial charge in [-0.05, 0) is 29.7 Å². The number of carbonyl (C=O) groups is 1. The van der Waals surface area contributed by atoms with Gasteiger partial charge in [0.1, 0.15) is 0 Å². The van der Waals surface area contributed by atoms with Gasteiger partial charge in [-0.1, -0.05) is 18.2 Å². The Morgan fingerprint density at radius 1 is 1.07 bits per heavy atom. The number of aromatic hydroxyl groups is 2. The van der Waals surface area contributed by atoms with Crippen LogP contribution in [0, 0.1) is 22.0 Å². The molecule has 0 aliphatic carbocycles. The summed E-state index contributed by atoms with van der Waals surface area (Å²) in [5.41, 5.74) is 7.37. The van der Waals surface area contributed by atoms with Crippen LogP contribution in [0.1, 0.15) is 29.6 Å². The lowest BCUT2D eigenvalue weighted by Gasteiger charge is -2.39. The van der Waals surface area contributed by atoms with Crippen molar-refractivity contribution in [3.8, 4) is 11.5 Å². The predicted molar refractivity (Wildman–Crippen MR) is 101 cm³/mol. The first-order valence-electron chi connectivity index (χ1n) is 9.11. The molecule has 0 amide bonds. The van der Waals surface area contributed by atoms with Crippen LogP contribution < -0.4 is 16.2 Å². The SMILES string of the molecule is O=C(O)C1CC(c2ccc(O)c(O)c2)NC2NNC(c3cccc([N+](=O)[O-])c3)C21. The number of carboxylic acids is 1. The van der Waals surface area contributed by atoms with Crippen molar-refractivity contribution in [1.29, 1.82) is 0 Å². The second-order valence-corrected chi connectivity index (χ2v) is 7.32. The number of non-ortho nitro benzene ring substituents is 1. The highest BCUT2D eigenvalue weighted by Gasteiger charge is 2.49. The van der Waals surface area contributed by atoms with E-state index < -0.39 is 34.9 Å². The van der Waals surface area contributed by atoms with Crippen molar-refractivity contribution >= 4 is 11.7 Å². The number of nitrogens with zero attached hydrogens (tertiary/aromatic N) is 1. The number of hydrogen-bond acceptors (Lipinski definition) is 8. The molecule has 2 heterocycles. The maximum Gasteiger partial charge on any atom is 0.307 e. The number of nitro benzene ring substituents is 1. The quantitative estimate of drug-likeness (QED) is 0.254. The minimum absolute atomic E-state index is 0.0548. The fraction of sp³-hybridized carbons (Fsp3) is 0.316. The van der Waals surface area contributed by atoms with Crippen molar-refractivity contribution in [3.63, 3.8) is 0 Å². The Kier molecular flexibility index (Phi) is 4.82. The van der Waals surface area contributed by atoms with E-state index in [0.717, 1.165) is 0 Å². The highest BCUT2D eigenvalue weighted by Crippen LogP contribution is 2.43. The van der Waals surface area contributed by atoms with Crippen LogP contribution in [0.4, 0.5) is 5.69 Å². The zero-order chi connectivity index (χ0) is 20.7. The van der Waals surface area contributed by atoms with Gasteiger partial charge in [-0.3, -0.25) is 20.2 Å². The van der Waals surface area contributed by atoms with E-state index in [1.807, 2.05) is 0 Å². The lowest BCUT2D eigenvalue weighted by atomic mass is 9.75. The fourth-order valence-electron chi connectivity index (χ4n) is 4.27. The molecule has 2 aromatic rings. The number of hydrazine groups is 1. The lowest BCUT2D eigenvalue weighted by Crippen LogP contribution is -2.53. The van der Waals surface area contributed by atoms with Gasteiger partial charge in [-0.2, -0.15) is 0 Å². The number of benzene rings is 2. The minimum Gasteiger partial charge on any atom is -0.504 e. The second-order valence-electron chi connectivity index (χ2n) is 7.32. The van der Waals surface area contributed by atoms with E-state index in [1.165, 1.54) is 24.3 Å². The van der Waals surface area contributed by atoms with Gasteiger partial charge in [0.25, 0.3) is 5.69 Å². The Morgan fingerprint density at radius 2 is 1.86 bits per heavy atom. The van der Waals surface area contributed by atoms with Gasteiger partial charge in [-0.15, -0.1) is 0 Å². The molecule has 29 heavy (non-hydrogen) atoms. The maximum absolute atomic E-state index is 12.1. The van der Waals surface area contributed by atoms with Crippen LogP contribution in [0.25, 0.3) is 0 Å². The number of nitrogens with one attached hydrogen (secondary N) is 3. The third-order valence-electron chi connectivity index (χ3n) is 5.66. The molecule has 0 bridgehead atoms. The Balaban J connectivity index is 1.64. The van der Waals surface area contributed by atoms with E-state index in [9.17, 15) is 30.2 Å². The van der Waals surface area contributed by atoms with E-state index in [4.69, 9.17) is 0 Å². The minimum atomic E-state index is -0.963. The molecule has 10 heteroatoms. The standard InChI is InChI=1S/C19H20N4O6/c24-14-5-4-9(7-15(14)25)13-8-12(19(26)27)16-17(21-22-18(16)20-13)10-2-1-3-11(6-10)23(28)29/h1-7,12-13,16-18,20-22,24-25H,8H2,(H,26,27). The van der Waals surface area contributed by atoms with E-state index in [1.54, 1.807) is 18.2 Å². The zero-order valence-corrected chi connectivity index (χ0v) is 15.1. The summed E-state index contributed by atoms with van der Waals surface area (Å²) in [6.07, 6.45) is -0.148. The van der Waals surface area contributed by atoms with Crippen molar-refractivity contribution < 1.29 is 25.0 Å². The molecule has 5 unspecified atom stereocenters. The summed E-state index contributed by atoms with van der Waals surface area (Å²) in [6.45, 7) is 0. The molecule has 6 N–H and O–H groups in total. The second kappa shape index (κ2) is 7.32. The third-order valence-corrected chi connectivity index (χ3v) is 5.66. The first kappa shape index (κ1) is 19.1. The summed E-state index contributed by atoms with van der Waals surface area (Å²) in [6, 6.07) is 9.77. The summed E-state index contributed by atoms with van der Waals surface area (Å²) in [4.78, 5) is 22.7. The van der Waals surface area contributed by atoms with E-state index in [2.05, 4.69) is 16.2 Å². The van der Waals surface area contributed by atoms with Crippen molar-refractivity contribution in [2.75, 3.05) is 0 Å². The molecule has 2 aliphatic heterocycles. The molecule has 0 aromatic heterocycles. The molecule has 5 atom stereocenters. The summed E-state index contributed by atoms with van der Waals surface area (Å²) < 4.78 is 0. The van der Waals surface area contributed by atoms with Crippen LogP contribution in [0.2, 0.25) is 0 Å². The molecular weight excluding hydrogens is 380 g/mol. The topological polar surface area (TPSA) is 157 Å². The third kappa shape index (κ3) is 3.48. The summed E-state index contributed by atoms with van der Waals surface area (Å²) >= 11 is 0. The monoisotopic (exact) mass is 400 g/mol. The van der Waals surface area contributed by atoms with Crippen LogP contribution in [-0.2, 0) is 4.79 Å². The molecule has 4 rings (SSSR count). The van der Waals surface area contributed by atoms with Gasteiger partial charge in [0.2, 0.25) is 0 Å².